The third-order valence-electron chi connectivity index (χ3n) is 3.88. The Kier molecular flexibility index (Phi) is 8.53. The highest BCUT2D eigenvalue weighted by Crippen LogP contribution is 2.15. The van der Waals surface area contributed by atoms with Crippen LogP contribution in [0.25, 0.3) is 6.08 Å². The van der Waals surface area contributed by atoms with E-state index in [9.17, 15) is 4.79 Å². The molecule has 0 aliphatic carbocycles. The van der Waals surface area contributed by atoms with Crippen LogP contribution in [-0.4, -0.2) is 37.0 Å². The van der Waals surface area contributed by atoms with Crippen LogP contribution in [0.4, 0.5) is 0 Å². The van der Waals surface area contributed by atoms with Crippen LogP contribution in [-0.2, 0) is 4.79 Å². The van der Waals surface area contributed by atoms with E-state index in [1.165, 1.54) is 5.56 Å². The van der Waals surface area contributed by atoms with Gasteiger partial charge in [0.05, 0.1) is 0 Å². The Morgan fingerprint density at radius 3 is 2.36 bits per heavy atom. The van der Waals surface area contributed by atoms with Crippen molar-refractivity contribution in [2.45, 2.75) is 40.0 Å². The van der Waals surface area contributed by atoms with Gasteiger partial charge in [-0.2, -0.15) is 0 Å². The van der Waals surface area contributed by atoms with Crippen LogP contribution in [0.2, 0.25) is 0 Å². The number of hydrogen-bond donors (Lipinski definition) is 1. The monoisotopic (exact) mass is 302 g/mol. The molecule has 0 unspecified atom stereocenters. The van der Waals surface area contributed by atoms with Crippen molar-refractivity contribution < 1.29 is 4.79 Å². The Labute approximate surface area is 135 Å². The molecule has 3 nitrogen and oxygen atoms in total. The Morgan fingerprint density at radius 1 is 1.18 bits per heavy atom. The SMILES string of the molecule is CCN(CC)CCCNC(=O)/C=C/c1ccc(C(C)C)cc1. The molecule has 1 N–H and O–H groups in total. The number of amides is 1. The summed E-state index contributed by atoms with van der Waals surface area (Å²) in [5.41, 5.74) is 2.38. The minimum absolute atomic E-state index is 0.0208. The molecule has 0 spiro atoms. The first-order valence-electron chi connectivity index (χ1n) is 8.35. The number of rotatable bonds is 9. The first-order chi connectivity index (χ1) is 10.6. The molecule has 0 saturated heterocycles. The highest BCUT2D eigenvalue weighted by atomic mass is 16.1. The summed E-state index contributed by atoms with van der Waals surface area (Å²) in [5.74, 6) is 0.514. The molecule has 1 amide bonds. The summed E-state index contributed by atoms with van der Waals surface area (Å²) in [6, 6.07) is 8.34. The van der Waals surface area contributed by atoms with Crippen LogP contribution >= 0.6 is 0 Å². The molecule has 22 heavy (non-hydrogen) atoms. The van der Waals surface area contributed by atoms with Crippen LogP contribution in [0.15, 0.2) is 30.3 Å². The average molecular weight is 302 g/mol. The van der Waals surface area contributed by atoms with Gasteiger partial charge in [-0.25, -0.2) is 0 Å². The molecule has 0 aliphatic rings. The average Bonchev–Trinajstić information content (AvgIpc) is 2.53. The van der Waals surface area contributed by atoms with Crippen molar-refractivity contribution in [3.63, 3.8) is 0 Å². The molecule has 0 heterocycles. The highest BCUT2D eigenvalue weighted by Gasteiger charge is 2.00. The van der Waals surface area contributed by atoms with Crippen LogP contribution in [0.5, 0.6) is 0 Å². The molecule has 0 atom stereocenters. The Balaban J connectivity index is 2.32. The zero-order valence-electron chi connectivity index (χ0n) is 14.4. The molecule has 1 aromatic rings. The number of carbonyl (C=O) groups is 1. The molecular weight excluding hydrogens is 272 g/mol. The predicted molar refractivity (Wildman–Crippen MR) is 95.0 cm³/mol. The van der Waals surface area contributed by atoms with Crippen molar-refractivity contribution in [3.05, 3.63) is 41.5 Å². The minimum atomic E-state index is -0.0208. The Hall–Kier alpha value is -1.61. The van der Waals surface area contributed by atoms with Gasteiger partial charge in [0.2, 0.25) is 5.91 Å². The predicted octanol–water partition coefficient (Wildman–Crippen LogP) is 3.67. The van der Waals surface area contributed by atoms with Gasteiger partial charge in [0.15, 0.2) is 0 Å². The maximum Gasteiger partial charge on any atom is 0.243 e. The molecular formula is C19H30N2O. The summed E-state index contributed by atoms with van der Waals surface area (Å²) in [6.45, 7) is 12.6. The van der Waals surface area contributed by atoms with E-state index in [-0.39, 0.29) is 5.91 Å². The normalized spacial score (nSPS) is 11.5. The number of benzene rings is 1. The fraction of sp³-hybridized carbons (Fsp3) is 0.526. The van der Waals surface area contributed by atoms with Gasteiger partial charge in [0.1, 0.15) is 0 Å². The van der Waals surface area contributed by atoms with E-state index in [0.29, 0.717) is 5.92 Å². The quantitative estimate of drug-likeness (QED) is 0.557. The lowest BCUT2D eigenvalue weighted by molar-refractivity contribution is -0.116. The van der Waals surface area contributed by atoms with E-state index in [4.69, 9.17) is 0 Å². The summed E-state index contributed by atoms with van der Waals surface area (Å²) < 4.78 is 0. The fourth-order valence-corrected chi connectivity index (χ4v) is 2.28. The van der Waals surface area contributed by atoms with Gasteiger partial charge in [-0.15, -0.1) is 0 Å². The van der Waals surface area contributed by atoms with Crippen molar-refractivity contribution in [3.8, 4) is 0 Å². The number of nitrogens with zero attached hydrogens (tertiary/aromatic N) is 1. The van der Waals surface area contributed by atoms with Crippen LogP contribution in [0, 0.1) is 0 Å². The maximum atomic E-state index is 11.8. The Bertz CT molecular complexity index is 459. The summed E-state index contributed by atoms with van der Waals surface area (Å²) in [7, 11) is 0. The van der Waals surface area contributed by atoms with Crippen molar-refractivity contribution in [1.82, 2.24) is 10.2 Å². The second kappa shape index (κ2) is 10.2. The van der Waals surface area contributed by atoms with Gasteiger partial charge in [-0.3, -0.25) is 4.79 Å². The lowest BCUT2D eigenvalue weighted by atomic mass is 10.0. The molecule has 0 aromatic heterocycles. The van der Waals surface area contributed by atoms with Gasteiger partial charge < -0.3 is 10.2 Å². The highest BCUT2D eigenvalue weighted by molar-refractivity contribution is 5.91. The molecule has 0 aliphatic heterocycles. The topological polar surface area (TPSA) is 32.3 Å². The zero-order chi connectivity index (χ0) is 16.4. The minimum Gasteiger partial charge on any atom is -0.353 e. The van der Waals surface area contributed by atoms with Crippen molar-refractivity contribution in [1.29, 1.82) is 0 Å². The smallest absolute Gasteiger partial charge is 0.243 e. The molecule has 1 aromatic carbocycles. The van der Waals surface area contributed by atoms with Gasteiger partial charge in [0, 0.05) is 12.6 Å². The van der Waals surface area contributed by atoms with Crippen LogP contribution in [0.1, 0.15) is 51.2 Å². The van der Waals surface area contributed by atoms with Gasteiger partial charge in [-0.05, 0) is 49.2 Å². The van der Waals surface area contributed by atoms with E-state index >= 15 is 0 Å². The summed E-state index contributed by atoms with van der Waals surface area (Å²) in [6.07, 6.45) is 4.47. The molecule has 0 fully saturated rings. The van der Waals surface area contributed by atoms with Crippen LogP contribution < -0.4 is 5.32 Å². The summed E-state index contributed by atoms with van der Waals surface area (Å²) in [4.78, 5) is 14.1. The van der Waals surface area contributed by atoms with E-state index in [2.05, 4.69) is 62.2 Å². The van der Waals surface area contributed by atoms with E-state index in [0.717, 1.165) is 38.2 Å². The molecule has 122 valence electrons. The first-order valence-corrected chi connectivity index (χ1v) is 8.35. The number of hydrogen-bond acceptors (Lipinski definition) is 2. The molecule has 0 saturated carbocycles. The Morgan fingerprint density at radius 2 is 1.82 bits per heavy atom. The third kappa shape index (κ3) is 6.90. The lowest BCUT2D eigenvalue weighted by Gasteiger charge is -2.17. The second-order valence-electron chi connectivity index (χ2n) is 5.83. The van der Waals surface area contributed by atoms with E-state index in [1.807, 2.05) is 6.08 Å². The number of nitrogens with one attached hydrogen (secondary N) is 1. The van der Waals surface area contributed by atoms with Gasteiger partial charge in [0.25, 0.3) is 0 Å². The number of carbonyl (C=O) groups excluding carboxylic acids is 1. The summed E-state index contributed by atoms with van der Waals surface area (Å²) >= 11 is 0. The fourth-order valence-electron chi connectivity index (χ4n) is 2.28. The second-order valence-corrected chi connectivity index (χ2v) is 5.83. The molecule has 0 radical (unpaired) electrons. The lowest BCUT2D eigenvalue weighted by Crippen LogP contribution is -2.29. The largest absolute Gasteiger partial charge is 0.353 e. The molecule has 3 heteroatoms. The first kappa shape index (κ1) is 18.4. The van der Waals surface area contributed by atoms with E-state index in [1.54, 1.807) is 6.08 Å². The third-order valence-corrected chi connectivity index (χ3v) is 3.88. The van der Waals surface area contributed by atoms with Gasteiger partial charge >= 0.3 is 0 Å². The molecule has 1 rings (SSSR count). The zero-order valence-corrected chi connectivity index (χ0v) is 14.4. The van der Waals surface area contributed by atoms with Crippen molar-refractivity contribution in [2.24, 2.45) is 0 Å². The van der Waals surface area contributed by atoms with Crippen molar-refractivity contribution in [2.75, 3.05) is 26.2 Å². The summed E-state index contributed by atoms with van der Waals surface area (Å²) in [5, 5.41) is 2.93. The molecule has 0 bridgehead atoms. The van der Waals surface area contributed by atoms with Gasteiger partial charge in [-0.1, -0.05) is 52.0 Å². The van der Waals surface area contributed by atoms with Crippen molar-refractivity contribution >= 4 is 12.0 Å². The standard InChI is InChI=1S/C19H30N2O/c1-5-21(6-2)15-7-14-20-19(22)13-10-17-8-11-18(12-9-17)16(3)4/h8-13,16H,5-7,14-15H2,1-4H3,(H,20,22)/b13-10+. The van der Waals surface area contributed by atoms with Crippen LogP contribution in [0.3, 0.4) is 0 Å². The maximum absolute atomic E-state index is 11.8. The van der Waals surface area contributed by atoms with E-state index < -0.39 is 0 Å².